The monoisotopic (exact) mass is 260 g/mol. The number of carbonyl (C=O) groups is 1. The lowest BCUT2D eigenvalue weighted by atomic mass is 9.98. The summed E-state index contributed by atoms with van der Waals surface area (Å²) in [5.41, 5.74) is 0.831. The van der Waals surface area contributed by atoms with E-state index < -0.39 is 0 Å². The Morgan fingerprint density at radius 1 is 1.32 bits per heavy atom. The van der Waals surface area contributed by atoms with Crippen LogP contribution in [0.3, 0.4) is 0 Å². The van der Waals surface area contributed by atoms with E-state index in [4.69, 9.17) is 0 Å². The third-order valence-corrected chi connectivity index (χ3v) is 4.08. The molecule has 1 aromatic carbocycles. The largest absolute Gasteiger partial charge is 0.301 e. The normalized spacial score (nSPS) is 23.2. The molecule has 0 amide bonds. The number of ketones is 1. The molecule has 0 spiro atoms. The molecule has 104 valence electrons. The van der Waals surface area contributed by atoms with E-state index in [9.17, 15) is 4.79 Å². The highest BCUT2D eigenvalue weighted by Crippen LogP contribution is 2.13. The number of piperazine rings is 1. The minimum atomic E-state index is 0.0676. The van der Waals surface area contributed by atoms with E-state index in [1.165, 1.54) is 0 Å². The van der Waals surface area contributed by atoms with Crippen LogP contribution in [0.15, 0.2) is 30.3 Å². The topological polar surface area (TPSA) is 23.6 Å². The van der Waals surface area contributed by atoms with Crippen LogP contribution >= 0.6 is 0 Å². The molecule has 1 heterocycles. The Labute approximate surface area is 116 Å². The van der Waals surface area contributed by atoms with E-state index in [1.54, 1.807) is 0 Å². The van der Waals surface area contributed by atoms with Gasteiger partial charge in [-0.25, -0.2) is 0 Å². The van der Waals surface area contributed by atoms with E-state index in [2.05, 4.69) is 23.8 Å². The van der Waals surface area contributed by atoms with Gasteiger partial charge < -0.3 is 4.90 Å². The predicted molar refractivity (Wildman–Crippen MR) is 78.5 cm³/mol. The molecule has 0 bridgehead atoms. The lowest BCUT2D eigenvalue weighted by Gasteiger charge is -2.38. The number of hydrogen-bond donors (Lipinski definition) is 0. The summed E-state index contributed by atoms with van der Waals surface area (Å²) in [6, 6.07) is 10.2. The molecule has 0 aromatic heterocycles. The first-order chi connectivity index (χ1) is 9.08. The highest BCUT2D eigenvalue weighted by atomic mass is 16.1. The van der Waals surface area contributed by atoms with Crippen LogP contribution in [0.25, 0.3) is 0 Å². The van der Waals surface area contributed by atoms with Crippen molar-refractivity contribution in [3.8, 4) is 0 Å². The van der Waals surface area contributed by atoms with E-state index in [1.807, 2.05) is 37.3 Å². The fraction of sp³-hybridized carbons (Fsp3) is 0.562. The second-order valence-electron chi connectivity index (χ2n) is 5.72. The van der Waals surface area contributed by atoms with Crippen LogP contribution in [0.1, 0.15) is 24.2 Å². The smallest absolute Gasteiger partial charge is 0.166 e. The summed E-state index contributed by atoms with van der Waals surface area (Å²) in [4.78, 5) is 17.1. The van der Waals surface area contributed by atoms with Crippen LogP contribution in [-0.4, -0.2) is 54.9 Å². The van der Waals surface area contributed by atoms with E-state index in [-0.39, 0.29) is 11.7 Å². The highest BCUT2D eigenvalue weighted by Gasteiger charge is 2.24. The molecule has 1 aliphatic rings. The van der Waals surface area contributed by atoms with Gasteiger partial charge in [-0.3, -0.25) is 9.69 Å². The van der Waals surface area contributed by atoms with Gasteiger partial charge in [0.05, 0.1) is 0 Å². The van der Waals surface area contributed by atoms with Crippen LogP contribution in [0.4, 0.5) is 0 Å². The summed E-state index contributed by atoms with van der Waals surface area (Å²) in [7, 11) is 2.17. The molecular weight excluding hydrogens is 236 g/mol. The molecule has 2 atom stereocenters. The fourth-order valence-corrected chi connectivity index (χ4v) is 2.65. The molecule has 0 saturated carbocycles. The Kier molecular flexibility index (Phi) is 4.72. The molecule has 1 aliphatic heterocycles. The molecule has 2 unspecified atom stereocenters. The summed E-state index contributed by atoms with van der Waals surface area (Å²) in [6.07, 6.45) is 0. The first kappa shape index (κ1) is 14.2. The molecule has 3 nitrogen and oxygen atoms in total. The maximum Gasteiger partial charge on any atom is 0.166 e. The molecule has 0 aliphatic carbocycles. The van der Waals surface area contributed by atoms with Crippen molar-refractivity contribution in [2.45, 2.75) is 19.9 Å². The number of hydrogen-bond acceptors (Lipinski definition) is 3. The predicted octanol–water partition coefficient (Wildman–Crippen LogP) is 2.14. The third kappa shape index (κ3) is 3.64. The van der Waals surface area contributed by atoms with Crippen molar-refractivity contribution in [1.82, 2.24) is 9.80 Å². The van der Waals surface area contributed by atoms with E-state index in [0.717, 1.165) is 31.7 Å². The number of likely N-dealkylation sites (N-methyl/N-ethyl adjacent to an activating group) is 1. The van der Waals surface area contributed by atoms with Gasteiger partial charge in [0.2, 0.25) is 0 Å². The summed E-state index contributed by atoms with van der Waals surface area (Å²) in [5.74, 6) is 0.324. The third-order valence-electron chi connectivity index (χ3n) is 4.08. The van der Waals surface area contributed by atoms with Crippen molar-refractivity contribution in [3.63, 3.8) is 0 Å². The maximum absolute atomic E-state index is 12.3. The number of rotatable bonds is 4. The minimum absolute atomic E-state index is 0.0676. The van der Waals surface area contributed by atoms with Crippen molar-refractivity contribution < 1.29 is 4.79 Å². The fourth-order valence-electron chi connectivity index (χ4n) is 2.65. The van der Waals surface area contributed by atoms with Crippen molar-refractivity contribution >= 4 is 5.78 Å². The summed E-state index contributed by atoms with van der Waals surface area (Å²) in [6.45, 7) is 8.36. The Hall–Kier alpha value is -1.19. The maximum atomic E-state index is 12.3. The zero-order valence-electron chi connectivity index (χ0n) is 12.2. The van der Waals surface area contributed by atoms with Gasteiger partial charge in [0.15, 0.2) is 5.78 Å². The summed E-state index contributed by atoms with van der Waals surface area (Å²) >= 11 is 0. The van der Waals surface area contributed by atoms with Crippen molar-refractivity contribution in [3.05, 3.63) is 35.9 Å². The van der Waals surface area contributed by atoms with Crippen LogP contribution in [-0.2, 0) is 0 Å². The molecule has 2 rings (SSSR count). The number of Topliss-reactive ketones (excluding diaryl/α,β-unsaturated/α-hetero) is 1. The average molecular weight is 260 g/mol. The van der Waals surface area contributed by atoms with Gasteiger partial charge in [-0.15, -0.1) is 0 Å². The van der Waals surface area contributed by atoms with Crippen LogP contribution in [0.2, 0.25) is 0 Å². The molecule has 1 aromatic rings. The lowest BCUT2D eigenvalue weighted by Crippen LogP contribution is -2.51. The number of benzene rings is 1. The Morgan fingerprint density at radius 3 is 2.63 bits per heavy atom. The van der Waals surface area contributed by atoms with Gasteiger partial charge in [-0.1, -0.05) is 37.3 Å². The molecule has 1 saturated heterocycles. The Morgan fingerprint density at radius 2 is 2.00 bits per heavy atom. The molecule has 0 N–H and O–H groups in total. The van der Waals surface area contributed by atoms with Gasteiger partial charge >= 0.3 is 0 Å². The van der Waals surface area contributed by atoms with Gasteiger partial charge in [0.1, 0.15) is 0 Å². The zero-order chi connectivity index (χ0) is 13.8. The van der Waals surface area contributed by atoms with Gasteiger partial charge in [0.25, 0.3) is 0 Å². The summed E-state index contributed by atoms with van der Waals surface area (Å²) in [5, 5.41) is 0. The standard InChI is InChI=1S/C16H24N2O/c1-13(16(19)15-7-5-4-6-8-15)11-18-10-9-17(3)14(2)12-18/h4-8,13-14H,9-12H2,1-3H3. The van der Waals surface area contributed by atoms with Crippen molar-refractivity contribution in [1.29, 1.82) is 0 Å². The van der Waals surface area contributed by atoms with Gasteiger partial charge in [-0.05, 0) is 14.0 Å². The lowest BCUT2D eigenvalue weighted by molar-refractivity contribution is 0.0765. The Balaban J connectivity index is 1.91. The SMILES string of the molecule is CC(CN1CCN(C)C(C)C1)C(=O)c1ccccc1. The second kappa shape index (κ2) is 6.31. The van der Waals surface area contributed by atoms with Gasteiger partial charge in [0, 0.05) is 43.7 Å². The molecule has 0 radical (unpaired) electrons. The molecular formula is C16H24N2O. The summed E-state index contributed by atoms with van der Waals surface area (Å²) < 4.78 is 0. The quantitative estimate of drug-likeness (QED) is 0.775. The van der Waals surface area contributed by atoms with Crippen LogP contribution in [0.5, 0.6) is 0 Å². The second-order valence-corrected chi connectivity index (χ2v) is 5.72. The van der Waals surface area contributed by atoms with E-state index >= 15 is 0 Å². The molecule has 3 heteroatoms. The zero-order valence-corrected chi connectivity index (χ0v) is 12.2. The van der Waals surface area contributed by atoms with Gasteiger partial charge in [-0.2, -0.15) is 0 Å². The first-order valence-corrected chi connectivity index (χ1v) is 7.10. The molecule has 1 fully saturated rings. The Bertz CT molecular complexity index is 418. The van der Waals surface area contributed by atoms with E-state index in [0.29, 0.717) is 6.04 Å². The first-order valence-electron chi connectivity index (χ1n) is 7.10. The van der Waals surface area contributed by atoms with Crippen LogP contribution < -0.4 is 0 Å². The number of carbonyl (C=O) groups excluding carboxylic acids is 1. The molecule has 19 heavy (non-hydrogen) atoms. The minimum Gasteiger partial charge on any atom is -0.301 e. The average Bonchev–Trinajstić information content (AvgIpc) is 2.43. The van der Waals surface area contributed by atoms with Crippen LogP contribution in [0, 0.1) is 5.92 Å². The van der Waals surface area contributed by atoms with Crippen molar-refractivity contribution in [2.24, 2.45) is 5.92 Å². The number of nitrogens with zero attached hydrogens (tertiary/aromatic N) is 2. The highest BCUT2D eigenvalue weighted by molar-refractivity contribution is 5.97. The van der Waals surface area contributed by atoms with Crippen molar-refractivity contribution in [2.75, 3.05) is 33.2 Å².